The Morgan fingerprint density at radius 3 is 2.73 bits per heavy atom. The molecule has 2 aromatic rings. The number of nitrogens with one attached hydrogen (secondary N) is 1. The van der Waals surface area contributed by atoms with E-state index in [4.69, 9.17) is 14.2 Å². The fourth-order valence-corrected chi connectivity index (χ4v) is 3.78. The minimum absolute atomic E-state index is 0.336. The number of carbonyl (C=O) groups excluding carboxylic acids is 2. The highest BCUT2D eigenvalue weighted by Gasteiger charge is 2.25. The maximum Gasteiger partial charge on any atom is 0.409 e. The third-order valence-electron chi connectivity index (χ3n) is 4.03. The summed E-state index contributed by atoms with van der Waals surface area (Å²) in [6.45, 7) is 0.971. The van der Waals surface area contributed by atoms with Gasteiger partial charge in [0.25, 0.3) is 5.91 Å². The third kappa shape index (κ3) is 3.43. The first-order valence-corrected chi connectivity index (χ1v) is 8.72. The second kappa shape index (κ2) is 7.61. The van der Waals surface area contributed by atoms with E-state index >= 15 is 0 Å². The molecule has 0 saturated carbocycles. The van der Waals surface area contributed by atoms with Gasteiger partial charge in [-0.3, -0.25) is 10.1 Å². The summed E-state index contributed by atoms with van der Waals surface area (Å²) in [5.74, 6) is 0.509. The zero-order valence-corrected chi connectivity index (χ0v) is 15.5. The number of hydrogen-bond acceptors (Lipinski definition) is 7. The molecule has 0 saturated heterocycles. The first-order valence-electron chi connectivity index (χ1n) is 7.91. The van der Waals surface area contributed by atoms with E-state index < -0.39 is 0 Å². The molecular weight excluding hydrogens is 358 g/mol. The van der Waals surface area contributed by atoms with Crippen molar-refractivity contribution < 1.29 is 23.8 Å². The van der Waals surface area contributed by atoms with Gasteiger partial charge in [0.2, 0.25) is 0 Å². The summed E-state index contributed by atoms with van der Waals surface area (Å²) < 4.78 is 15.3. The number of thiazole rings is 1. The van der Waals surface area contributed by atoms with Crippen molar-refractivity contribution in [1.29, 1.82) is 0 Å². The van der Waals surface area contributed by atoms with Gasteiger partial charge in [-0.15, -0.1) is 0 Å². The molecule has 9 heteroatoms. The summed E-state index contributed by atoms with van der Waals surface area (Å²) in [4.78, 5) is 31.3. The molecule has 0 spiro atoms. The highest BCUT2D eigenvalue weighted by molar-refractivity contribution is 7.15. The maximum absolute atomic E-state index is 12.6. The summed E-state index contributed by atoms with van der Waals surface area (Å²) in [6.07, 6.45) is 0.259. The number of benzene rings is 1. The first-order chi connectivity index (χ1) is 12.6. The number of amides is 2. The van der Waals surface area contributed by atoms with E-state index in [0.29, 0.717) is 41.7 Å². The predicted octanol–water partition coefficient (Wildman–Crippen LogP) is 2.54. The van der Waals surface area contributed by atoms with Gasteiger partial charge in [-0.2, -0.15) is 0 Å². The van der Waals surface area contributed by atoms with Gasteiger partial charge in [-0.1, -0.05) is 17.4 Å². The zero-order valence-electron chi connectivity index (χ0n) is 14.7. The number of rotatable bonds is 4. The number of carbonyl (C=O) groups is 2. The third-order valence-corrected chi connectivity index (χ3v) is 5.03. The topological polar surface area (TPSA) is 90.0 Å². The second-order valence-corrected chi connectivity index (χ2v) is 6.61. The fraction of sp³-hybridized carbons (Fsp3) is 0.353. The summed E-state index contributed by atoms with van der Waals surface area (Å²) in [6, 6.07) is 5.10. The highest BCUT2D eigenvalue weighted by Crippen LogP contribution is 2.33. The largest absolute Gasteiger partial charge is 0.493 e. The summed E-state index contributed by atoms with van der Waals surface area (Å²) in [5.41, 5.74) is 1.25. The number of anilines is 1. The van der Waals surface area contributed by atoms with Crippen LogP contribution in [0.2, 0.25) is 0 Å². The van der Waals surface area contributed by atoms with Crippen LogP contribution in [0, 0.1) is 0 Å². The number of methoxy groups -OCH3 is 3. The lowest BCUT2D eigenvalue weighted by Crippen LogP contribution is -2.35. The van der Waals surface area contributed by atoms with Crippen LogP contribution in [0.3, 0.4) is 0 Å². The minimum atomic E-state index is -0.365. The lowest BCUT2D eigenvalue weighted by atomic mass is 10.1. The van der Waals surface area contributed by atoms with Crippen molar-refractivity contribution >= 4 is 28.5 Å². The monoisotopic (exact) mass is 377 g/mol. The van der Waals surface area contributed by atoms with E-state index in [9.17, 15) is 9.59 Å². The van der Waals surface area contributed by atoms with Gasteiger partial charge in [-0.05, 0) is 12.1 Å². The molecule has 0 radical (unpaired) electrons. The fourth-order valence-electron chi connectivity index (χ4n) is 2.76. The molecule has 3 rings (SSSR count). The van der Waals surface area contributed by atoms with E-state index in [1.54, 1.807) is 23.1 Å². The van der Waals surface area contributed by atoms with E-state index in [0.717, 1.165) is 10.6 Å². The number of ether oxygens (including phenoxy) is 3. The van der Waals surface area contributed by atoms with Crippen LogP contribution in [-0.2, 0) is 17.7 Å². The van der Waals surface area contributed by atoms with Crippen molar-refractivity contribution in [3.8, 4) is 11.5 Å². The Labute approximate surface area is 154 Å². The van der Waals surface area contributed by atoms with E-state index in [1.807, 2.05) is 0 Å². The number of fused-ring (bicyclic) bond motifs is 1. The van der Waals surface area contributed by atoms with Gasteiger partial charge in [0.05, 0.1) is 39.1 Å². The van der Waals surface area contributed by atoms with Gasteiger partial charge >= 0.3 is 6.09 Å². The molecule has 1 aliphatic heterocycles. The molecule has 1 aromatic carbocycles. The van der Waals surface area contributed by atoms with Crippen molar-refractivity contribution in [3.05, 3.63) is 34.3 Å². The molecular formula is C17H19N3O5S. The van der Waals surface area contributed by atoms with Crippen LogP contribution >= 0.6 is 11.3 Å². The second-order valence-electron chi connectivity index (χ2n) is 5.53. The zero-order chi connectivity index (χ0) is 18.7. The molecule has 138 valence electrons. The van der Waals surface area contributed by atoms with Crippen molar-refractivity contribution in [1.82, 2.24) is 9.88 Å². The molecule has 1 N–H and O–H groups in total. The molecule has 0 unspecified atom stereocenters. The normalized spacial score (nSPS) is 13.0. The summed E-state index contributed by atoms with van der Waals surface area (Å²) >= 11 is 1.35. The van der Waals surface area contributed by atoms with Crippen LogP contribution in [0.25, 0.3) is 0 Å². The number of para-hydroxylation sites is 1. The molecule has 0 bridgehead atoms. The Balaban J connectivity index is 1.78. The number of nitrogens with zero attached hydrogens (tertiary/aromatic N) is 2. The van der Waals surface area contributed by atoms with Crippen LogP contribution in [-0.4, -0.2) is 49.8 Å². The standard InChI is InChI=1S/C17H19N3O5S/c1-23-12-6-4-5-10(14(12)24-2)15(21)19-16-18-11-7-8-20(17(22)25-3)9-13(11)26-16/h4-6H,7-9H2,1-3H3,(H,18,19,21). The molecule has 0 atom stereocenters. The van der Waals surface area contributed by atoms with Gasteiger partial charge < -0.3 is 19.1 Å². The van der Waals surface area contributed by atoms with Gasteiger partial charge in [0, 0.05) is 17.8 Å². The van der Waals surface area contributed by atoms with Crippen LogP contribution < -0.4 is 14.8 Å². The predicted molar refractivity (Wildman–Crippen MR) is 96.1 cm³/mol. The van der Waals surface area contributed by atoms with E-state index in [2.05, 4.69) is 10.3 Å². The maximum atomic E-state index is 12.6. The first kappa shape index (κ1) is 18.0. The lowest BCUT2D eigenvalue weighted by molar-refractivity contribution is 0.102. The summed E-state index contributed by atoms with van der Waals surface area (Å²) in [5, 5.41) is 3.28. The average molecular weight is 377 g/mol. The summed E-state index contributed by atoms with van der Waals surface area (Å²) in [7, 11) is 4.36. The van der Waals surface area contributed by atoms with Crippen molar-refractivity contribution in [2.45, 2.75) is 13.0 Å². The molecule has 2 heterocycles. The quantitative estimate of drug-likeness (QED) is 0.881. The van der Waals surface area contributed by atoms with E-state index in [-0.39, 0.29) is 12.0 Å². The Morgan fingerprint density at radius 2 is 2.04 bits per heavy atom. The molecule has 1 aromatic heterocycles. The van der Waals surface area contributed by atoms with Crippen molar-refractivity contribution in [2.75, 3.05) is 33.2 Å². The highest BCUT2D eigenvalue weighted by atomic mass is 32.1. The smallest absolute Gasteiger partial charge is 0.409 e. The lowest BCUT2D eigenvalue weighted by Gasteiger charge is -2.24. The molecule has 8 nitrogen and oxygen atoms in total. The SMILES string of the molecule is COC(=O)N1CCc2nc(NC(=O)c3cccc(OC)c3OC)sc2C1. The number of hydrogen-bond donors (Lipinski definition) is 1. The minimum Gasteiger partial charge on any atom is -0.493 e. The van der Waals surface area contributed by atoms with Crippen molar-refractivity contribution in [2.24, 2.45) is 0 Å². The van der Waals surface area contributed by atoms with Crippen LogP contribution in [0.1, 0.15) is 20.9 Å². The Hall–Kier alpha value is -2.81. The van der Waals surface area contributed by atoms with Crippen LogP contribution in [0.4, 0.5) is 9.93 Å². The molecule has 26 heavy (non-hydrogen) atoms. The van der Waals surface area contributed by atoms with Crippen LogP contribution in [0.5, 0.6) is 11.5 Å². The van der Waals surface area contributed by atoms with Gasteiger partial charge in [0.1, 0.15) is 0 Å². The van der Waals surface area contributed by atoms with E-state index in [1.165, 1.54) is 32.7 Å². The Bertz CT molecular complexity index is 836. The Morgan fingerprint density at radius 1 is 1.23 bits per heavy atom. The van der Waals surface area contributed by atoms with Gasteiger partial charge in [0.15, 0.2) is 16.6 Å². The number of aromatic nitrogens is 1. The van der Waals surface area contributed by atoms with Crippen LogP contribution in [0.15, 0.2) is 18.2 Å². The molecule has 0 aliphatic carbocycles. The average Bonchev–Trinajstić information content (AvgIpc) is 3.07. The molecule has 0 fully saturated rings. The molecule has 1 aliphatic rings. The van der Waals surface area contributed by atoms with Crippen molar-refractivity contribution in [3.63, 3.8) is 0 Å². The molecule has 2 amide bonds. The Kier molecular flexibility index (Phi) is 5.27. The van der Waals surface area contributed by atoms with Gasteiger partial charge in [-0.25, -0.2) is 9.78 Å².